The van der Waals surface area contributed by atoms with Crippen molar-refractivity contribution in [1.29, 1.82) is 0 Å². The first-order valence-electron chi connectivity index (χ1n) is 8.23. The molecule has 3 heterocycles. The second-order valence-corrected chi connectivity index (χ2v) is 7.49. The van der Waals surface area contributed by atoms with Gasteiger partial charge in [0.25, 0.3) is 0 Å². The lowest BCUT2D eigenvalue weighted by Crippen LogP contribution is -2.19. The summed E-state index contributed by atoms with van der Waals surface area (Å²) < 4.78 is 0. The Morgan fingerprint density at radius 3 is 3.00 bits per heavy atom. The van der Waals surface area contributed by atoms with Gasteiger partial charge in [-0.05, 0) is 51.2 Å². The van der Waals surface area contributed by atoms with E-state index >= 15 is 0 Å². The van der Waals surface area contributed by atoms with Gasteiger partial charge in [-0.25, -0.2) is 9.97 Å². The van der Waals surface area contributed by atoms with Crippen molar-refractivity contribution in [3.05, 3.63) is 34.2 Å². The second-order valence-electron chi connectivity index (χ2n) is 6.41. The Morgan fingerprint density at radius 1 is 1.30 bits per heavy atom. The molecule has 0 aromatic carbocycles. The maximum atomic E-state index is 4.53. The van der Waals surface area contributed by atoms with Crippen molar-refractivity contribution >= 4 is 27.4 Å². The highest BCUT2D eigenvalue weighted by molar-refractivity contribution is 7.19. The minimum Gasteiger partial charge on any atom is -0.367 e. The lowest BCUT2D eigenvalue weighted by Gasteiger charge is -2.16. The van der Waals surface area contributed by atoms with E-state index in [0.29, 0.717) is 0 Å². The van der Waals surface area contributed by atoms with E-state index in [1.54, 1.807) is 6.33 Å². The van der Waals surface area contributed by atoms with Crippen LogP contribution in [0, 0.1) is 6.92 Å². The number of thiophene rings is 1. The molecule has 0 spiro atoms. The van der Waals surface area contributed by atoms with Crippen LogP contribution in [0.5, 0.6) is 0 Å². The van der Waals surface area contributed by atoms with Crippen LogP contribution < -0.4 is 5.32 Å². The fraction of sp³-hybridized carbons (Fsp3) is 0.471. The van der Waals surface area contributed by atoms with Crippen LogP contribution in [0.15, 0.2) is 12.4 Å². The number of aromatic nitrogens is 4. The normalized spacial score (nSPS) is 15.6. The molecule has 3 aromatic heterocycles. The number of aryl methyl sites for hydroxylation is 3. The molecule has 1 atom stereocenters. The van der Waals surface area contributed by atoms with Crippen LogP contribution in [-0.2, 0) is 19.3 Å². The molecule has 0 bridgehead atoms. The molecule has 0 aliphatic heterocycles. The zero-order valence-electron chi connectivity index (χ0n) is 13.5. The van der Waals surface area contributed by atoms with E-state index in [-0.39, 0.29) is 6.04 Å². The number of hydrogen-bond acceptors (Lipinski definition) is 5. The molecule has 0 fully saturated rings. The minimum absolute atomic E-state index is 0.273. The summed E-state index contributed by atoms with van der Waals surface area (Å²) in [7, 11) is 0. The van der Waals surface area contributed by atoms with Crippen LogP contribution in [0.3, 0.4) is 0 Å². The summed E-state index contributed by atoms with van der Waals surface area (Å²) in [6, 6.07) is 2.37. The molecule has 5 nitrogen and oxygen atoms in total. The number of anilines is 1. The number of aromatic amines is 1. The summed E-state index contributed by atoms with van der Waals surface area (Å²) in [4.78, 5) is 11.6. The molecule has 1 aliphatic carbocycles. The van der Waals surface area contributed by atoms with E-state index in [1.807, 2.05) is 18.3 Å². The van der Waals surface area contributed by atoms with Crippen molar-refractivity contribution in [3.63, 3.8) is 0 Å². The van der Waals surface area contributed by atoms with Gasteiger partial charge < -0.3 is 5.32 Å². The summed E-state index contributed by atoms with van der Waals surface area (Å²) in [5, 5.41) is 12.2. The van der Waals surface area contributed by atoms with E-state index < -0.39 is 0 Å². The van der Waals surface area contributed by atoms with Gasteiger partial charge in [-0.3, -0.25) is 5.10 Å². The molecule has 2 N–H and O–H groups in total. The highest BCUT2D eigenvalue weighted by atomic mass is 32.1. The number of nitrogens with one attached hydrogen (secondary N) is 2. The second kappa shape index (κ2) is 5.92. The monoisotopic (exact) mass is 327 g/mol. The van der Waals surface area contributed by atoms with Crippen molar-refractivity contribution in [2.24, 2.45) is 0 Å². The number of fused-ring (bicyclic) bond motifs is 3. The average molecular weight is 327 g/mol. The largest absolute Gasteiger partial charge is 0.367 e. The van der Waals surface area contributed by atoms with Gasteiger partial charge in [-0.2, -0.15) is 5.10 Å². The van der Waals surface area contributed by atoms with Crippen LogP contribution in [0.4, 0.5) is 5.82 Å². The SMILES string of the molecule is Cc1cc(CC(C)Nc2ncnc3sc4c(c23)CCCC4)n[nH]1. The van der Waals surface area contributed by atoms with Gasteiger partial charge in [0, 0.05) is 23.0 Å². The predicted octanol–water partition coefficient (Wildman–Crippen LogP) is 3.64. The maximum absolute atomic E-state index is 4.53. The lowest BCUT2D eigenvalue weighted by atomic mass is 9.97. The number of hydrogen-bond donors (Lipinski definition) is 2. The molecule has 6 heteroatoms. The Morgan fingerprint density at radius 2 is 2.17 bits per heavy atom. The van der Waals surface area contributed by atoms with Crippen molar-refractivity contribution < 1.29 is 0 Å². The molecule has 1 aliphatic rings. The molecule has 0 saturated heterocycles. The molecule has 0 radical (unpaired) electrons. The smallest absolute Gasteiger partial charge is 0.138 e. The summed E-state index contributed by atoms with van der Waals surface area (Å²) in [5.74, 6) is 0.981. The Kier molecular flexibility index (Phi) is 3.77. The summed E-state index contributed by atoms with van der Waals surface area (Å²) in [5.41, 5.74) is 3.66. The molecule has 0 saturated carbocycles. The van der Waals surface area contributed by atoms with E-state index in [0.717, 1.165) is 34.9 Å². The van der Waals surface area contributed by atoms with Gasteiger partial charge in [0.1, 0.15) is 17.0 Å². The van der Waals surface area contributed by atoms with E-state index in [4.69, 9.17) is 0 Å². The van der Waals surface area contributed by atoms with Gasteiger partial charge in [-0.1, -0.05) is 0 Å². The standard InChI is InChI=1S/C17H21N5S/c1-10(7-12-8-11(2)21-22-12)20-16-15-13-5-3-4-6-14(13)23-17(15)19-9-18-16/h8-10H,3-7H2,1-2H3,(H,21,22)(H,18,19,20). The first kappa shape index (κ1) is 14.6. The summed E-state index contributed by atoms with van der Waals surface area (Å²) in [6.45, 7) is 4.21. The van der Waals surface area contributed by atoms with E-state index in [1.165, 1.54) is 35.1 Å². The molecule has 23 heavy (non-hydrogen) atoms. The predicted molar refractivity (Wildman–Crippen MR) is 94.2 cm³/mol. The van der Waals surface area contributed by atoms with Gasteiger partial charge in [-0.15, -0.1) is 11.3 Å². The van der Waals surface area contributed by atoms with Crippen LogP contribution in [0.1, 0.15) is 41.6 Å². The summed E-state index contributed by atoms with van der Waals surface area (Å²) in [6.07, 6.45) is 7.47. The van der Waals surface area contributed by atoms with Crippen molar-refractivity contribution in [2.75, 3.05) is 5.32 Å². The average Bonchev–Trinajstić information content (AvgIpc) is 3.11. The topological polar surface area (TPSA) is 66.5 Å². The molecular formula is C17H21N5S. The van der Waals surface area contributed by atoms with Crippen LogP contribution in [0.25, 0.3) is 10.2 Å². The Labute approximate surface area is 139 Å². The fourth-order valence-corrected chi connectivity index (χ4v) is 4.61. The Balaban J connectivity index is 1.62. The molecular weight excluding hydrogens is 306 g/mol. The highest BCUT2D eigenvalue weighted by Gasteiger charge is 2.20. The molecule has 4 rings (SSSR count). The molecule has 1 unspecified atom stereocenters. The van der Waals surface area contributed by atoms with Crippen molar-refractivity contribution in [2.45, 2.75) is 52.0 Å². The van der Waals surface area contributed by atoms with Crippen LogP contribution in [0.2, 0.25) is 0 Å². The zero-order valence-corrected chi connectivity index (χ0v) is 14.3. The quantitative estimate of drug-likeness (QED) is 0.768. The van der Waals surface area contributed by atoms with Crippen molar-refractivity contribution in [3.8, 4) is 0 Å². The number of nitrogens with zero attached hydrogens (tertiary/aromatic N) is 3. The van der Waals surface area contributed by atoms with Gasteiger partial charge >= 0.3 is 0 Å². The van der Waals surface area contributed by atoms with Gasteiger partial charge in [0.2, 0.25) is 0 Å². The maximum Gasteiger partial charge on any atom is 0.138 e. The molecule has 3 aromatic rings. The third-order valence-corrected chi connectivity index (χ3v) is 5.61. The van der Waals surface area contributed by atoms with Crippen LogP contribution >= 0.6 is 11.3 Å². The fourth-order valence-electron chi connectivity index (χ4n) is 3.38. The third-order valence-electron chi connectivity index (χ3n) is 4.41. The van der Waals surface area contributed by atoms with Crippen LogP contribution in [-0.4, -0.2) is 26.2 Å². The minimum atomic E-state index is 0.273. The van der Waals surface area contributed by atoms with E-state index in [2.05, 4.69) is 38.5 Å². The number of rotatable bonds is 4. The first-order chi connectivity index (χ1) is 11.2. The first-order valence-corrected chi connectivity index (χ1v) is 9.05. The summed E-state index contributed by atoms with van der Waals surface area (Å²) >= 11 is 1.84. The Bertz CT molecular complexity index is 835. The van der Waals surface area contributed by atoms with E-state index in [9.17, 15) is 0 Å². The lowest BCUT2D eigenvalue weighted by molar-refractivity contribution is 0.700. The van der Waals surface area contributed by atoms with Gasteiger partial charge in [0.15, 0.2) is 0 Å². The Hall–Kier alpha value is -1.95. The molecule has 120 valence electrons. The molecule has 0 amide bonds. The zero-order chi connectivity index (χ0) is 15.8. The van der Waals surface area contributed by atoms with Crippen molar-refractivity contribution in [1.82, 2.24) is 20.2 Å². The third kappa shape index (κ3) is 2.83. The number of H-pyrrole nitrogens is 1. The highest BCUT2D eigenvalue weighted by Crippen LogP contribution is 2.38. The van der Waals surface area contributed by atoms with Gasteiger partial charge in [0.05, 0.1) is 11.1 Å².